The lowest BCUT2D eigenvalue weighted by molar-refractivity contribution is -0.114. The Morgan fingerprint density at radius 2 is 2.24 bits per heavy atom. The van der Waals surface area contributed by atoms with Gasteiger partial charge in [0, 0.05) is 37.5 Å². The second kappa shape index (κ2) is 6.88. The van der Waals surface area contributed by atoms with E-state index in [2.05, 4.69) is 22.7 Å². The molecule has 0 aliphatic heterocycles. The first kappa shape index (κ1) is 15.0. The van der Waals surface area contributed by atoms with Gasteiger partial charge < -0.3 is 10.6 Å². The van der Waals surface area contributed by atoms with E-state index in [1.54, 1.807) is 18.3 Å². The standard InChI is InChI=1S/C15H19FN4O/c1-3-6-20-10-12(9-18-20)8-17-13-4-5-14(16)15(7-13)19-11(2)21/h4-5,7,9-10,17H,3,6,8H2,1-2H3,(H,19,21). The van der Waals surface area contributed by atoms with E-state index < -0.39 is 5.82 Å². The van der Waals surface area contributed by atoms with E-state index in [-0.39, 0.29) is 11.6 Å². The molecule has 0 saturated carbocycles. The van der Waals surface area contributed by atoms with E-state index >= 15 is 0 Å². The summed E-state index contributed by atoms with van der Waals surface area (Å²) >= 11 is 0. The fourth-order valence-corrected chi connectivity index (χ4v) is 1.97. The van der Waals surface area contributed by atoms with Gasteiger partial charge in [-0.3, -0.25) is 9.48 Å². The molecule has 21 heavy (non-hydrogen) atoms. The van der Waals surface area contributed by atoms with Gasteiger partial charge in [-0.15, -0.1) is 0 Å². The zero-order chi connectivity index (χ0) is 15.2. The third-order valence-electron chi connectivity index (χ3n) is 2.91. The summed E-state index contributed by atoms with van der Waals surface area (Å²) < 4.78 is 15.4. The van der Waals surface area contributed by atoms with Crippen molar-refractivity contribution >= 4 is 17.3 Å². The maximum absolute atomic E-state index is 13.5. The van der Waals surface area contributed by atoms with Gasteiger partial charge in [0.2, 0.25) is 5.91 Å². The average molecular weight is 290 g/mol. The van der Waals surface area contributed by atoms with Crippen LogP contribution in [-0.4, -0.2) is 15.7 Å². The van der Waals surface area contributed by atoms with Crippen molar-refractivity contribution in [1.29, 1.82) is 0 Å². The summed E-state index contributed by atoms with van der Waals surface area (Å²) in [5.41, 5.74) is 1.96. The number of hydrogen-bond acceptors (Lipinski definition) is 3. The Labute approximate surface area is 123 Å². The molecule has 6 heteroatoms. The van der Waals surface area contributed by atoms with E-state index in [9.17, 15) is 9.18 Å². The molecule has 1 aromatic carbocycles. The van der Waals surface area contributed by atoms with Gasteiger partial charge >= 0.3 is 0 Å². The SMILES string of the molecule is CCCn1cc(CNc2ccc(F)c(NC(C)=O)c2)cn1. The predicted octanol–water partition coefficient (Wildman–Crippen LogP) is 3.00. The highest BCUT2D eigenvalue weighted by atomic mass is 19.1. The van der Waals surface area contributed by atoms with Crippen LogP contribution < -0.4 is 10.6 Å². The number of benzene rings is 1. The van der Waals surface area contributed by atoms with Crippen LogP contribution in [0.1, 0.15) is 25.8 Å². The largest absolute Gasteiger partial charge is 0.381 e. The van der Waals surface area contributed by atoms with Crippen LogP contribution in [0.5, 0.6) is 0 Å². The molecule has 2 aromatic rings. The Morgan fingerprint density at radius 3 is 2.95 bits per heavy atom. The molecule has 2 rings (SSSR count). The summed E-state index contributed by atoms with van der Waals surface area (Å²) in [6.45, 7) is 4.93. The second-order valence-electron chi connectivity index (χ2n) is 4.84. The Bertz CT molecular complexity index is 624. The topological polar surface area (TPSA) is 59.0 Å². The molecule has 1 heterocycles. The van der Waals surface area contributed by atoms with Gasteiger partial charge in [-0.05, 0) is 24.6 Å². The number of anilines is 2. The fraction of sp³-hybridized carbons (Fsp3) is 0.333. The minimum atomic E-state index is -0.452. The maximum Gasteiger partial charge on any atom is 0.221 e. The molecule has 0 unspecified atom stereocenters. The van der Waals surface area contributed by atoms with Crippen LogP contribution in [0.4, 0.5) is 15.8 Å². The van der Waals surface area contributed by atoms with Crippen molar-refractivity contribution in [2.45, 2.75) is 33.4 Å². The Morgan fingerprint density at radius 1 is 1.43 bits per heavy atom. The summed E-state index contributed by atoms with van der Waals surface area (Å²) in [6, 6.07) is 4.54. The van der Waals surface area contributed by atoms with E-state index in [1.165, 1.54) is 13.0 Å². The van der Waals surface area contributed by atoms with Crippen molar-refractivity contribution in [3.8, 4) is 0 Å². The predicted molar refractivity (Wildman–Crippen MR) is 80.5 cm³/mol. The highest BCUT2D eigenvalue weighted by molar-refractivity contribution is 5.89. The summed E-state index contributed by atoms with van der Waals surface area (Å²) in [4.78, 5) is 11.0. The Balaban J connectivity index is 2.00. The molecule has 0 aliphatic rings. The molecular weight excluding hydrogens is 271 g/mol. The maximum atomic E-state index is 13.5. The van der Waals surface area contributed by atoms with Gasteiger partial charge in [-0.1, -0.05) is 6.92 Å². The van der Waals surface area contributed by atoms with Crippen molar-refractivity contribution < 1.29 is 9.18 Å². The number of nitrogens with zero attached hydrogens (tertiary/aromatic N) is 2. The molecule has 5 nitrogen and oxygen atoms in total. The van der Waals surface area contributed by atoms with Crippen molar-refractivity contribution in [1.82, 2.24) is 9.78 Å². The number of carbonyl (C=O) groups excluding carboxylic acids is 1. The molecule has 0 fully saturated rings. The average Bonchev–Trinajstić information content (AvgIpc) is 2.87. The van der Waals surface area contributed by atoms with Crippen LogP contribution in [0.2, 0.25) is 0 Å². The quantitative estimate of drug-likeness (QED) is 0.859. The number of aryl methyl sites for hydroxylation is 1. The van der Waals surface area contributed by atoms with E-state index in [1.807, 2.05) is 10.9 Å². The smallest absolute Gasteiger partial charge is 0.221 e. The molecule has 112 valence electrons. The molecule has 0 saturated heterocycles. The highest BCUT2D eigenvalue weighted by Crippen LogP contribution is 2.20. The number of rotatable bonds is 6. The molecule has 0 bridgehead atoms. The van der Waals surface area contributed by atoms with Gasteiger partial charge in [0.15, 0.2) is 0 Å². The van der Waals surface area contributed by atoms with Crippen LogP contribution in [0.25, 0.3) is 0 Å². The number of amides is 1. The number of halogens is 1. The van der Waals surface area contributed by atoms with E-state index in [0.29, 0.717) is 6.54 Å². The van der Waals surface area contributed by atoms with Crippen molar-refractivity contribution in [2.75, 3.05) is 10.6 Å². The number of aromatic nitrogens is 2. The van der Waals surface area contributed by atoms with Gasteiger partial charge in [-0.25, -0.2) is 4.39 Å². The molecule has 0 spiro atoms. The lowest BCUT2D eigenvalue weighted by Gasteiger charge is -2.09. The lowest BCUT2D eigenvalue weighted by atomic mass is 10.2. The van der Waals surface area contributed by atoms with Crippen LogP contribution in [0, 0.1) is 5.82 Å². The first-order valence-corrected chi connectivity index (χ1v) is 6.91. The van der Waals surface area contributed by atoms with Crippen molar-refractivity contribution in [3.63, 3.8) is 0 Å². The minimum absolute atomic E-state index is 0.175. The summed E-state index contributed by atoms with van der Waals surface area (Å²) in [7, 11) is 0. The summed E-state index contributed by atoms with van der Waals surface area (Å²) in [6.07, 6.45) is 4.82. The number of nitrogens with one attached hydrogen (secondary N) is 2. The fourth-order valence-electron chi connectivity index (χ4n) is 1.97. The molecule has 0 radical (unpaired) electrons. The molecule has 0 aliphatic carbocycles. The Hall–Kier alpha value is -2.37. The molecule has 1 amide bonds. The summed E-state index contributed by atoms with van der Waals surface area (Å²) in [5, 5.41) is 9.90. The van der Waals surface area contributed by atoms with Gasteiger partial charge in [0.05, 0.1) is 11.9 Å². The van der Waals surface area contributed by atoms with Crippen LogP contribution >= 0.6 is 0 Å². The normalized spacial score (nSPS) is 10.4. The highest BCUT2D eigenvalue weighted by Gasteiger charge is 2.05. The van der Waals surface area contributed by atoms with Gasteiger partial charge in [0.25, 0.3) is 0 Å². The first-order chi connectivity index (χ1) is 10.1. The third kappa shape index (κ3) is 4.30. The molecular formula is C15H19FN4O. The number of carbonyl (C=O) groups is 1. The third-order valence-corrected chi connectivity index (χ3v) is 2.91. The van der Waals surface area contributed by atoms with Crippen LogP contribution in [0.3, 0.4) is 0 Å². The van der Waals surface area contributed by atoms with E-state index in [4.69, 9.17) is 0 Å². The van der Waals surface area contributed by atoms with Crippen molar-refractivity contribution in [2.24, 2.45) is 0 Å². The van der Waals surface area contributed by atoms with Crippen LogP contribution in [0.15, 0.2) is 30.6 Å². The van der Waals surface area contributed by atoms with Crippen molar-refractivity contribution in [3.05, 3.63) is 42.0 Å². The zero-order valence-electron chi connectivity index (χ0n) is 12.2. The van der Waals surface area contributed by atoms with Gasteiger partial charge in [0.1, 0.15) is 5.82 Å². The molecule has 2 N–H and O–H groups in total. The van der Waals surface area contributed by atoms with E-state index in [0.717, 1.165) is 24.2 Å². The Kier molecular flexibility index (Phi) is 4.92. The number of hydrogen-bond donors (Lipinski definition) is 2. The second-order valence-corrected chi connectivity index (χ2v) is 4.84. The summed E-state index contributed by atoms with van der Waals surface area (Å²) in [5.74, 6) is -0.751. The zero-order valence-corrected chi connectivity index (χ0v) is 12.2. The van der Waals surface area contributed by atoms with Gasteiger partial charge in [-0.2, -0.15) is 5.10 Å². The van der Waals surface area contributed by atoms with Crippen LogP contribution in [-0.2, 0) is 17.9 Å². The first-order valence-electron chi connectivity index (χ1n) is 6.91. The minimum Gasteiger partial charge on any atom is -0.381 e. The lowest BCUT2D eigenvalue weighted by Crippen LogP contribution is -2.08. The molecule has 0 atom stereocenters. The monoisotopic (exact) mass is 290 g/mol. The molecule has 1 aromatic heterocycles.